The predicted octanol–water partition coefficient (Wildman–Crippen LogP) is 5.62. The Morgan fingerprint density at radius 3 is 1.58 bits per heavy atom. The van der Waals surface area contributed by atoms with E-state index in [0.29, 0.717) is 0 Å². The lowest BCUT2D eigenvalue weighted by molar-refractivity contribution is -0.0653. The number of hydrogen-bond donors (Lipinski definition) is 0. The number of rotatable bonds is 7. The number of hydrogen-bond acceptors (Lipinski definition) is 2. The van der Waals surface area contributed by atoms with Crippen molar-refractivity contribution in [3.05, 3.63) is 108 Å². The molecule has 0 radical (unpaired) electrons. The molecule has 0 N–H and O–H groups in total. The zero-order valence-electron chi connectivity index (χ0n) is 20.1. The second kappa shape index (κ2) is 9.54. The lowest BCUT2D eigenvalue weighted by atomic mass is 9.73. The summed E-state index contributed by atoms with van der Waals surface area (Å²) in [6.07, 6.45) is 0.377. The Labute approximate surface area is 198 Å². The Morgan fingerprint density at radius 2 is 1.15 bits per heavy atom. The first kappa shape index (κ1) is 23.9. The first-order valence-electron chi connectivity index (χ1n) is 11.3. The Kier molecular flexibility index (Phi) is 6.90. The van der Waals surface area contributed by atoms with Crippen molar-refractivity contribution in [2.75, 3.05) is 35.2 Å². The second-order valence-electron chi connectivity index (χ2n) is 9.02. The summed E-state index contributed by atoms with van der Waals surface area (Å²) >= 11 is 0. The van der Waals surface area contributed by atoms with E-state index >= 15 is 0 Å². The van der Waals surface area contributed by atoms with Crippen LogP contribution in [0.1, 0.15) is 29.0 Å². The highest BCUT2D eigenvalue weighted by Gasteiger charge is 2.55. The molecule has 0 bridgehead atoms. The van der Waals surface area contributed by atoms with E-state index in [4.69, 9.17) is 4.74 Å². The molecule has 1 aliphatic heterocycles. The average Bonchev–Trinajstić information content (AvgIpc) is 3.26. The van der Waals surface area contributed by atoms with Crippen molar-refractivity contribution in [3.8, 4) is 0 Å². The normalized spacial score (nSPS) is 20.6. The molecular weight excluding hydrogens is 429 g/mol. The van der Waals surface area contributed by atoms with Crippen LogP contribution in [0, 0.1) is 0 Å². The molecule has 2 unspecified atom stereocenters. The van der Waals surface area contributed by atoms with Crippen LogP contribution in [0.4, 0.5) is 0 Å². The molecule has 0 aromatic heterocycles. The Morgan fingerprint density at radius 1 is 0.727 bits per heavy atom. The molecule has 3 aromatic rings. The van der Waals surface area contributed by atoms with E-state index in [0.717, 1.165) is 17.5 Å². The van der Waals surface area contributed by atoms with E-state index in [1.54, 1.807) is 9.34 Å². The third-order valence-electron chi connectivity index (χ3n) is 6.73. The lowest BCUT2D eigenvalue weighted by Gasteiger charge is -2.41. The first-order chi connectivity index (χ1) is 15.8. The largest absolute Gasteiger partial charge is 0.346 e. The van der Waals surface area contributed by atoms with Crippen molar-refractivity contribution >= 4 is 7.59 Å². The van der Waals surface area contributed by atoms with Crippen LogP contribution in [-0.2, 0) is 14.9 Å². The monoisotopic (exact) mass is 463 g/mol. The summed E-state index contributed by atoms with van der Waals surface area (Å²) in [4.78, 5) is 0. The Hall–Kier alpha value is -2.27. The van der Waals surface area contributed by atoms with Crippen molar-refractivity contribution in [2.24, 2.45) is 0 Å². The molecule has 1 aliphatic rings. The highest BCUT2D eigenvalue weighted by Crippen LogP contribution is 2.60. The van der Waals surface area contributed by atoms with Crippen LogP contribution in [0.15, 0.2) is 91.0 Å². The van der Waals surface area contributed by atoms with Gasteiger partial charge in [0.15, 0.2) is 0 Å². The van der Waals surface area contributed by atoms with Crippen molar-refractivity contribution < 1.29 is 9.30 Å². The van der Waals surface area contributed by atoms with Crippen LogP contribution in [0.3, 0.4) is 0 Å². The summed E-state index contributed by atoms with van der Waals surface area (Å²) in [5, 5.41) is 0. The lowest BCUT2D eigenvalue weighted by Crippen LogP contribution is -2.40. The van der Waals surface area contributed by atoms with Gasteiger partial charge in [0.2, 0.25) is 0 Å². The molecule has 0 amide bonds. The summed E-state index contributed by atoms with van der Waals surface area (Å²) in [6.45, 7) is 0. The number of ether oxygens (including phenoxy) is 1. The minimum Gasteiger partial charge on any atom is -0.346 e. The maximum atomic E-state index is 14.1. The third-order valence-corrected chi connectivity index (χ3v) is 9.89. The van der Waals surface area contributed by atoms with Crippen LogP contribution in [0.2, 0.25) is 0 Å². The topological polar surface area (TPSA) is 36.0 Å². The third kappa shape index (κ3) is 4.09. The molecule has 4 rings (SSSR count). The standard InChI is InChI=1S/C27H34N3O2P/c1-28(2)33(31,29(3)4)30(5)26-21-25(22-15-9-6-10-16-22)27(32-26,23-17-11-7-12-18-23)24-19-13-8-14-20-24/h6-20,25-26H,21H2,1-5H3. The molecule has 1 saturated heterocycles. The van der Waals surface area contributed by atoms with Crippen molar-refractivity contribution in [1.82, 2.24) is 14.0 Å². The van der Waals surface area contributed by atoms with E-state index in [-0.39, 0.29) is 12.1 Å². The molecule has 174 valence electrons. The molecule has 1 heterocycles. The fraction of sp³-hybridized carbons (Fsp3) is 0.333. The number of benzene rings is 3. The van der Waals surface area contributed by atoms with Gasteiger partial charge in [0, 0.05) is 5.92 Å². The van der Waals surface area contributed by atoms with Gasteiger partial charge in [0.25, 0.3) is 7.59 Å². The van der Waals surface area contributed by atoms with E-state index < -0.39 is 13.2 Å². The van der Waals surface area contributed by atoms with Gasteiger partial charge in [-0.1, -0.05) is 91.0 Å². The zero-order valence-corrected chi connectivity index (χ0v) is 21.0. The highest BCUT2D eigenvalue weighted by molar-refractivity contribution is 7.56. The van der Waals surface area contributed by atoms with E-state index in [2.05, 4.69) is 72.8 Å². The summed E-state index contributed by atoms with van der Waals surface area (Å²) < 4.78 is 26.8. The van der Waals surface area contributed by atoms with Gasteiger partial charge in [-0.3, -0.25) is 4.57 Å². The summed E-state index contributed by atoms with van der Waals surface area (Å²) in [6, 6.07) is 31.4. The molecule has 6 heteroatoms. The molecular formula is C27H34N3O2P. The average molecular weight is 464 g/mol. The van der Waals surface area contributed by atoms with Gasteiger partial charge in [0.1, 0.15) is 11.8 Å². The van der Waals surface area contributed by atoms with Crippen LogP contribution in [0.25, 0.3) is 0 Å². The molecule has 3 aromatic carbocycles. The van der Waals surface area contributed by atoms with Gasteiger partial charge in [-0.25, -0.2) is 14.0 Å². The van der Waals surface area contributed by atoms with Gasteiger partial charge in [0.05, 0.1) is 0 Å². The van der Waals surface area contributed by atoms with Gasteiger partial charge in [-0.05, 0) is 58.3 Å². The van der Waals surface area contributed by atoms with Crippen LogP contribution < -0.4 is 0 Å². The van der Waals surface area contributed by atoms with Crippen LogP contribution in [-0.4, -0.2) is 55.5 Å². The Balaban J connectivity index is 1.91. The van der Waals surface area contributed by atoms with Gasteiger partial charge in [-0.2, -0.15) is 0 Å². The maximum Gasteiger partial charge on any atom is 0.287 e. The van der Waals surface area contributed by atoms with Gasteiger partial charge < -0.3 is 4.74 Å². The number of nitrogens with zero attached hydrogens (tertiary/aromatic N) is 3. The van der Waals surface area contributed by atoms with Gasteiger partial charge in [-0.15, -0.1) is 0 Å². The minimum absolute atomic E-state index is 0.0497. The SMILES string of the molecule is CN(C)P(=O)(N(C)C)N(C)C1CC(c2ccccc2)C(c2ccccc2)(c2ccccc2)O1. The molecule has 0 saturated carbocycles. The molecule has 0 aliphatic carbocycles. The van der Waals surface area contributed by atoms with Crippen LogP contribution in [0.5, 0.6) is 0 Å². The van der Waals surface area contributed by atoms with E-state index in [1.807, 2.05) is 58.1 Å². The summed E-state index contributed by atoms with van der Waals surface area (Å²) in [5.41, 5.74) is 2.72. The molecule has 1 fully saturated rings. The van der Waals surface area contributed by atoms with E-state index in [1.165, 1.54) is 5.56 Å². The van der Waals surface area contributed by atoms with Crippen molar-refractivity contribution in [1.29, 1.82) is 0 Å². The van der Waals surface area contributed by atoms with Crippen molar-refractivity contribution in [3.63, 3.8) is 0 Å². The summed E-state index contributed by atoms with van der Waals surface area (Å²) in [7, 11) is 6.38. The maximum absolute atomic E-state index is 14.1. The molecule has 2 atom stereocenters. The Bertz CT molecular complexity index is 1040. The molecule has 5 nitrogen and oxygen atoms in total. The highest BCUT2D eigenvalue weighted by atomic mass is 31.2. The minimum atomic E-state index is -2.99. The molecule has 33 heavy (non-hydrogen) atoms. The molecule has 0 spiro atoms. The predicted molar refractivity (Wildman–Crippen MR) is 135 cm³/mol. The van der Waals surface area contributed by atoms with Crippen LogP contribution >= 0.6 is 7.59 Å². The second-order valence-corrected chi connectivity index (χ2v) is 12.3. The first-order valence-corrected chi connectivity index (χ1v) is 12.9. The quantitative estimate of drug-likeness (QED) is 0.425. The smallest absolute Gasteiger partial charge is 0.287 e. The van der Waals surface area contributed by atoms with E-state index in [9.17, 15) is 4.57 Å². The fourth-order valence-corrected chi connectivity index (χ4v) is 7.49. The van der Waals surface area contributed by atoms with Crippen molar-refractivity contribution in [2.45, 2.75) is 24.2 Å². The summed E-state index contributed by atoms with van der Waals surface area (Å²) in [5.74, 6) is 0.0497. The van der Waals surface area contributed by atoms with Gasteiger partial charge >= 0.3 is 0 Å². The zero-order chi connectivity index (χ0) is 23.6. The fourth-order valence-electron chi connectivity index (χ4n) is 5.16.